The first-order valence-electron chi connectivity index (χ1n) is 4.61. The minimum Gasteiger partial charge on any atom is -0.321 e. The molecule has 2 N–H and O–H groups in total. The van der Waals surface area contributed by atoms with Crippen LogP contribution in [0.3, 0.4) is 0 Å². The van der Waals surface area contributed by atoms with Crippen LogP contribution in [0.4, 0.5) is 0 Å². The van der Waals surface area contributed by atoms with Crippen molar-refractivity contribution in [3.8, 4) is 0 Å². The summed E-state index contributed by atoms with van der Waals surface area (Å²) < 4.78 is 0.602. The van der Waals surface area contributed by atoms with Gasteiger partial charge in [0.05, 0.1) is 5.54 Å². The molecule has 0 aromatic carbocycles. The number of hydrogen-bond donors (Lipinski definition) is 1. The Labute approximate surface area is 87.1 Å². The van der Waals surface area contributed by atoms with Crippen molar-refractivity contribution in [2.45, 2.75) is 37.6 Å². The fourth-order valence-corrected chi connectivity index (χ4v) is 3.01. The van der Waals surface area contributed by atoms with Crippen LogP contribution in [-0.2, 0) is 5.54 Å². The minimum atomic E-state index is -0.136. The Hall–Kier alpha value is -0.120. The van der Waals surface area contributed by atoms with Crippen LogP contribution < -0.4 is 5.73 Å². The maximum Gasteiger partial charge on any atom is 0.183 e. The van der Waals surface area contributed by atoms with E-state index < -0.39 is 0 Å². The van der Waals surface area contributed by atoms with Crippen molar-refractivity contribution in [1.82, 2.24) is 4.98 Å². The lowest BCUT2D eigenvalue weighted by Gasteiger charge is -2.31. The van der Waals surface area contributed by atoms with E-state index in [1.165, 1.54) is 30.6 Å². The monoisotopic (exact) mass is 216 g/mol. The molecule has 0 unspecified atom stereocenters. The van der Waals surface area contributed by atoms with Crippen molar-refractivity contribution in [1.29, 1.82) is 0 Å². The lowest BCUT2D eigenvalue weighted by Crippen LogP contribution is -2.37. The summed E-state index contributed by atoms with van der Waals surface area (Å²) in [6.45, 7) is 0. The first kappa shape index (κ1) is 9.44. The van der Waals surface area contributed by atoms with Gasteiger partial charge < -0.3 is 5.73 Å². The maximum atomic E-state index is 6.31. The van der Waals surface area contributed by atoms with E-state index in [-0.39, 0.29) is 5.54 Å². The highest BCUT2D eigenvalue weighted by Crippen LogP contribution is 2.38. The standard InChI is InChI=1S/C9H13ClN2S/c10-8-12-6-7(13-8)9(11)4-2-1-3-5-9/h6H,1-5,11H2. The summed E-state index contributed by atoms with van der Waals surface area (Å²) in [7, 11) is 0. The van der Waals surface area contributed by atoms with Crippen molar-refractivity contribution in [3.05, 3.63) is 15.5 Å². The minimum absolute atomic E-state index is 0.136. The second-order valence-corrected chi connectivity index (χ2v) is 5.31. The summed E-state index contributed by atoms with van der Waals surface area (Å²) in [6.07, 6.45) is 7.75. The zero-order valence-electron chi connectivity index (χ0n) is 7.42. The molecule has 1 aromatic heterocycles. The first-order chi connectivity index (χ1) is 6.21. The quantitative estimate of drug-likeness (QED) is 0.784. The lowest BCUT2D eigenvalue weighted by molar-refractivity contribution is 0.307. The van der Waals surface area contributed by atoms with Crippen molar-refractivity contribution >= 4 is 22.9 Å². The van der Waals surface area contributed by atoms with E-state index in [9.17, 15) is 0 Å². The molecule has 13 heavy (non-hydrogen) atoms. The molecule has 0 saturated heterocycles. The molecule has 0 bridgehead atoms. The van der Waals surface area contributed by atoms with Gasteiger partial charge in [-0.3, -0.25) is 0 Å². The van der Waals surface area contributed by atoms with E-state index in [1.54, 1.807) is 0 Å². The van der Waals surface area contributed by atoms with Gasteiger partial charge in [0, 0.05) is 11.1 Å². The maximum absolute atomic E-state index is 6.31. The van der Waals surface area contributed by atoms with E-state index in [2.05, 4.69) is 4.98 Å². The van der Waals surface area contributed by atoms with Gasteiger partial charge in [0.25, 0.3) is 0 Å². The largest absolute Gasteiger partial charge is 0.321 e. The van der Waals surface area contributed by atoms with Gasteiger partial charge in [-0.25, -0.2) is 4.98 Å². The molecule has 0 aliphatic heterocycles. The summed E-state index contributed by atoms with van der Waals surface area (Å²) in [5.41, 5.74) is 6.17. The van der Waals surface area contributed by atoms with Gasteiger partial charge in [-0.15, -0.1) is 11.3 Å². The Bertz CT molecular complexity index is 292. The average Bonchev–Trinajstić information content (AvgIpc) is 2.54. The third kappa shape index (κ3) is 1.87. The molecule has 0 amide bonds. The summed E-state index contributed by atoms with van der Waals surface area (Å²) in [6, 6.07) is 0. The highest BCUT2D eigenvalue weighted by molar-refractivity contribution is 7.15. The fraction of sp³-hybridized carbons (Fsp3) is 0.667. The van der Waals surface area contributed by atoms with Crippen LogP contribution in [0, 0.1) is 0 Å². The van der Waals surface area contributed by atoms with Crippen LogP contribution in [-0.4, -0.2) is 4.98 Å². The number of rotatable bonds is 1. The molecule has 1 aromatic rings. The molecule has 1 fully saturated rings. The number of aromatic nitrogens is 1. The van der Waals surface area contributed by atoms with Crippen LogP contribution in [0.2, 0.25) is 4.47 Å². The van der Waals surface area contributed by atoms with Gasteiger partial charge in [-0.1, -0.05) is 30.9 Å². The third-order valence-corrected chi connectivity index (χ3v) is 4.05. The second-order valence-electron chi connectivity index (χ2n) is 3.69. The van der Waals surface area contributed by atoms with Gasteiger partial charge in [0.1, 0.15) is 0 Å². The number of nitrogens with zero attached hydrogens (tertiary/aromatic N) is 1. The summed E-state index contributed by atoms with van der Waals surface area (Å²) >= 11 is 7.32. The van der Waals surface area contributed by atoms with E-state index >= 15 is 0 Å². The fourth-order valence-electron chi connectivity index (χ4n) is 1.91. The van der Waals surface area contributed by atoms with Crippen LogP contribution in [0.25, 0.3) is 0 Å². The molecule has 2 nitrogen and oxygen atoms in total. The Kier molecular flexibility index (Phi) is 2.58. The average molecular weight is 217 g/mol. The molecule has 72 valence electrons. The van der Waals surface area contributed by atoms with Gasteiger partial charge in [0.15, 0.2) is 4.47 Å². The number of thiazole rings is 1. The highest BCUT2D eigenvalue weighted by Gasteiger charge is 2.31. The smallest absolute Gasteiger partial charge is 0.183 e. The Balaban J connectivity index is 2.22. The topological polar surface area (TPSA) is 38.9 Å². The SMILES string of the molecule is NC1(c2cnc(Cl)s2)CCCCC1. The zero-order valence-corrected chi connectivity index (χ0v) is 9.00. The molecule has 1 aliphatic rings. The lowest BCUT2D eigenvalue weighted by atomic mass is 9.82. The molecule has 2 rings (SSSR count). The molecular formula is C9H13ClN2S. The molecule has 4 heteroatoms. The van der Waals surface area contributed by atoms with E-state index in [0.29, 0.717) is 4.47 Å². The predicted octanol–water partition coefficient (Wildman–Crippen LogP) is 2.91. The molecule has 0 spiro atoms. The van der Waals surface area contributed by atoms with E-state index in [0.717, 1.165) is 17.7 Å². The third-order valence-electron chi connectivity index (χ3n) is 2.71. The van der Waals surface area contributed by atoms with Crippen LogP contribution >= 0.6 is 22.9 Å². The van der Waals surface area contributed by atoms with Crippen LogP contribution in [0.1, 0.15) is 37.0 Å². The van der Waals surface area contributed by atoms with Gasteiger partial charge in [0.2, 0.25) is 0 Å². The van der Waals surface area contributed by atoms with Gasteiger partial charge in [-0.05, 0) is 12.8 Å². The molecule has 1 saturated carbocycles. The number of halogens is 1. The normalized spacial score (nSPS) is 21.7. The summed E-state index contributed by atoms with van der Waals surface area (Å²) in [5.74, 6) is 0. The summed E-state index contributed by atoms with van der Waals surface area (Å²) in [4.78, 5) is 5.19. The molecule has 1 aliphatic carbocycles. The second kappa shape index (κ2) is 3.56. The van der Waals surface area contributed by atoms with Crippen LogP contribution in [0.5, 0.6) is 0 Å². The predicted molar refractivity (Wildman–Crippen MR) is 56.1 cm³/mol. The Morgan fingerprint density at radius 1 is 1.38 bits per heavy atom. The zero-order chi connectivity index (χ0) is 9.31. The molecular weight excluding hydrogens is 204 g/mol. The number of nitrogens with two attached hydrogens (primary N) is 1. The first-order valence-corrected chi connectivity index (χ1v) is 5.81. The van der Waals surface area contributed by atoms with Crippen molar-refractivity contribution in [2.75, 3.05) is 0 Å². The number of hydrogen-bond acceptors (Lipinski definition) is 3. The van der Waals surface area contributed by atoms with Crippen LogP contribution in [0.15, 0.2) is 6.20 Å². The molecule has 0 atom stereocenters. The van der Waals surface area contributed by atoms with Gasteiger partial charge in [-0.2, -0.15) is 0 Å². The van der Waals surface area contributed by atoms with E-state index in [1.807, 2.05) is 6.20 Å². The van der Waals surface area contributed by atoms with Crippen molar-refractivity contribution < 1.29 is 0 Å². The molecule has 1 heterocycles. The highest BCUT2D eigenvalue weighted by atomic mass is 35.5. The van der Waals surface area contributed by atoms with Crippen molar-refractivity contribution in [2.24, 2.45) is 5.73 Å². The summed E-state index contributed by atoms with van der Waals surface area (Å²) in [5, 5.41) is 0. The Morgan fingerprint density at radius 3 is 2.62 bits per heavy atom. The van der Waals surface area contributed by atoms with E-state index in [4.69, 9.17) is 17.3 Å². The van der Waals surface area contributed by atoms with Gasteiger partial charge >= 0.3 is 0 Å². The molecule has 0 radical (unpaired) electrons. The Morgan fingerprint density at radius 2 is 2.08 bits per heavy atom. The van der Waals surface area contributed by atoms with Crippen molar-refractivity contribution in [3.63, 3.8) is 0 Å².